The van der Waals surface area contributed by atoms with Crippen LogP contribution in [0.4, 0.5) is 0 Å². The topological polar surface area (TPSA) is 52.8 Å². The number of fused-ring (bicyclic) bond motifs is 1. The summed E-state index contributed by atoms with van der Waals surface area (Å²) >= 11 is 0. The van der Waals surface area contributed by atoms with E-state index in [4.69, 9.17) is 4.74 Å². The molecule has 0 fully saturated rings. The van der Waals surface area contributed by atoms with Crippen molar-refractivity contribution in [2.24, 2.45) is 7.05 Å². The quantitative estimate of drug-likeness (QED) is 0.705. The Kier molecular flexibility index (Phi) is 2.67. The lowest BCUT2D eigenvalue weighted by Crippen LogP contribution is -1.94. The standard InChI is InChI=1S/C14H14N4O/c1-9-4-5-11(6-10(9)2)19-14-12-7-17-18(3)13(12)15-8-16-14/h4-8H,1-3H3. The number of hydrogen-bond donors (Lipinski definition) is 0. The van der Waals surface area contributed by atoms with E-state index < -0.39 is 0 Å². The van der Waals surface area contributed by atoms with Gasteiger partial charge >= 0.3 is 0 Å². The first-order valence-corrected chi connectivity index (χ1v) is 6.03. The molecule has 0 amide bonds. The molecule has 0 saturated heterocycles. The van der Waals surface area contributed by atoms with Crippen LogP contribution >= 0.6 is 0 Å². The fraction of sp³-hybridized carbons (Fsp3) is 0.214. The Morgan fingerprint density at radius 2 is 1.95 bits per heavy atom. The highest BCUT2D eigenvalue weighted by Crippen LogP contribution is 2.27. The minimum Gasteiger partial charge on any atom is -0.438 e. The molecule has 3 aromatic rings. The molecule has 0 bridgehead atoms. The zero-order valence-corrected chi connectivity index (χ0v) is 11.1. The Bertz CT molecular complexity index is 748. The first kappa shape index (κ1) is 11.6. The minimum atomic E-state index is 0.529. The molecule has 0 aliphatic carbocycles. The maximum Gasteiger partial charge on any atom is 0.233 e. The molecule has 1 aromatic carbocycles. The Hall–Kier alpha value is -2.43. The first-order chi connectivity index (χ1) is 9.15. The van der Waals surface area contributed by atoms with Crippen molar-refractivity contribution in [3.05, 3.63) is 41.9 Å². The number of ether oxygens (including phenoxy) is 1. The molecule has 5 nitrogen and oxygen atoms in total. The maximum absolute atomic E-state index is 5.84. The summed E-state index contributed by atoms with van der Waals surface area (Å²) in [6.07, 6.45) is 3.20. The molecule has 3 rings (SSSR count). The highest BCUT2D eigenvalue weighted by atomic mass is 16.5. The summed E-state index contributed by atoms with van der Waals surface area (Å²) in [6, 6.07) is 5.97. The smallest absolute Gasteiger partial charge is 0.233 e. The van der Waals surface area contributed by atoms with E-state index in [0.29, 0.717) is 5.88 Å². The Morgan fingerprint density at radius 1 is 1.11 bits per heavy atom. The van der Waals surface area contributed by atoms with E-state index in [-0.39, 0.29) is 0 Å². The van der Waals surface area contributed by atoms with E-state index in [9.17, 15) is 0 Å². The van der Waals surface area contributed by atoms with Crippen LogP contribution in [-0.2, 0) is 7.05 Å². The Labute approximate surface area is 110 Å². The highest BCUT2D eigenvalue weighted by Gasteiger charge is 2.10. The monoisotopic (exact) mass is 254 g/mol. The van der Waals surface area contributed by atoms with E-state index in [1.807, 2.05) is 25.2 Å². The molecule has 96 valence electrons. The molecule has 0 radical (unpaired) electrons. The van der Waals surface area contributed by atoms with Gasteiger partial charge < -0.3 is 4.74 Å². The molecule has 0 aliphatic rings. The average Bonchev–Trinajstić information content (AvgIpc) is 2.77. The molecule has 2 heterocycles. The minimum absolute atomic E-state index is 0.529. The van der Waals surface area contributed by atoms with E-state index in [1.54, 1.807) is 10.9 Å². The summed E-state index contributed by atoms with van der Waals surface area (Å²) < 4.78 is 7.54. The lowest BCUT2D eigenvalue weighted by molar-refractivity contribution is 0.467. The van der Waals surface area contributed by atoms with Gasteiger partial charge in [-0.15, -0.1) is 0 Å². The SMILES string of the molecule is Cc1ccc(Oc2ncnc3c2cnn3C)cc1C. The molecule has 5 heteroatoms. The molecule has 0 unspecified atom stereocenters. The van der Waals surface area contributed by atoms with Crippen LogP contribution in [0.15, 0.2) is 30.7 Å². The fourth-order valence-electron chi connectivity index (χ4n) is 1.91. The lowest BCUT2D eigenvalue weighted by atomic mass is 10.1. The van der Waals surface area contributed by atoms with Gasteiger partial charge in [-0.2, -0.15) is 5.10 Å². The first-order valence-electron chi connectivity index (χ1n) is 6.03. The largest absolute Gasteiger partial charge is 0.438 e. The van der Waals surface area contributed by atoms with Crippen molar-refractivity contribution in [3.8, 4) is 11.6 Å². The van der Waals surface area contributed by atoms with Gasteiger partial charge in [-0.05, 0) is 37.1 Å². The zero-order chi connectivity index (χ0) is 13.4. The van der Waals surface area contributed by atoms with Gasteiger partial charge in [0.15, 0.2) is 5.65 Å². The van der Waals surface area contributed by atoms with Crippen molar-refractivity contribution in [2.45, 2.75) is 13.8 Å². The van der Waals surface area contributed by atoms with Gasteiger partial charge in [0.25, 0.3) is 0 Å². The fourth-order valence-corrected chi connectivity index (χ4v) is 1.91. The number of hydrogen-bond acceptors (Lipinski definition) is 4. The molecule has 0 aliphatic heterocycles. The summed E-state index contributed by atoms with van der Waals surface area (Å²) in [4.78, 5) is 8.36. The zero-order valence-electron chi connectivity index (χ0n) is 11.1. The average molecular weight is 254 g/mol. The number of aromatic nitrogens is 4. The van der Waals surface area contributed by atoms with Gasteiger partial charge in [0, 0.05) is 7.05 Å². The van der Waals surface area contributed by atoms with Crippen LogP contribution in [0.3, 0.4) is 0 Å². The van der Waals surface area contributed by atoms with Crippen LogP contribution < -0.4 is 4.74 Å². The summed E-state index contributed by atoms with van der Waals surface area (Å²) in [7, 11) is 1.84. The predicted molar refractivity (Wildman–Crippen MR) is 72.3 cm³/mol. The molecule has 2 aromatic heterocycles. The maximum atomic E-state index is 5.84. The van der Waals surface area contributed by atoms with Crippen LogP contribution in [0.2, 0.25) is 0 Å². The second-order valence-electron chi connectivity index (χ2n) is 4.53. The van der Waals surface area contributed by atoms with E-state index in [2.05, 4.69) is 28.9 Å². The summed E-state index contributed by atoms with van der Waals surface area (Å²) in [5.74, 6) is 1.30. The Balaban J connectivity index is 2.03. The van der Waals surface area contributed by atoms with Crippen molar-refractivity contribution in [1.29, 1.82) is 0 Å². The number of benzene rings is 1. The molecule has 19 heavy (non-hydrogen) atoms. The summed E-state index contributed by atoms with van der Waals surface area (Å²) in [5.41, 5.74) is 3.18. The predicted octanol–water partition coefficient (Wildman–Crippen LogP) is 2.77. The third kappa shape index (κ3) is 2.03. The molecule has 0 atom stereocenters. The van der Waals surface area contributed by atoms with Gasteiger partial charge in [0.05, 0.1) is 6.20 Å². The second kappa shape index (κ2) is 4.35. The lowest BCUT2D eigenvalue weighted by Gasteiger charge is -2.07. The van der Waals surface area contributed by atoms with Crippen molar-refractivity contribution in [3.63, 3.8) is 0 Å². The third-order valence-corrected chi connectivity index (χ3v) is 3.19. The van der Waals surface area contributed by atoms with Crippen molar-refractivity contribution in [2.75, 3.05) is 0 Å². The van der Waals surface area contributed by atoms with Gasteiger partial charge in [-0.3, -0.25) is 4.68 Å². The van der Waals surface area contributed by atoms with Crippen LogP contribution in [0.1, 0.15) is 11.1 Å². The summed E-state index contributed by atoms with van der Waals surface area (Å²) in [5, 5.41) is 4.97. The molecular weight excluding hydrogens is 240 g/mol. The van der Waals surface area contributed by atoms with Crippen LogP contribution in [0, 0.1) is 13.8 Å². The van der Waals surface area contributed by atoms with Crippen LogP contribution in [0.5, 0.6) is 11.6 Å². The third-order valence-electron chi connectivity index (χ3n) is 3.19. The molecule has 0 saturated carbocycles. The van der Waals surface area contributed by atoms with Crippen LogP contribution in [0.25, 0.3) is 11.0 Å². The van der Waals surface area contributed by atoms with Gasteiger partial charge in [0.1, 0.15) is 17.5 Å². The second-order valence-corrected chi connectivity index (χ2v) is 4.53. The van der Waals surface area contributed by atoms with E-state index in [0.717, 1.165) is 16.8 Å². The molecular formula is C14H14N4O. The number of aryl methyl sites for hydroxylation is 3. The van der Waals surface area contributed by atoms with Gasteiger partial charge in [0.2, 0.25) is 5.88 Å². The van der Waals surface area contributed by atoms with Crippen LogP contribution in [-0.4, -0.2) is 19.7 Å². The van der Waals surface area contributed by atoms with E-state index in [1.165, 1.54) is 17.5 Å². The van der Waals surface area contributed by atoms with E-state index >= 15 is 0 Å². The number of nitrogens with zero attached hydrogens (tertiary/aromatic N) is 4. The molecule has 0 N–H and O–H groups in total. The van der Waals surface area contributed by atoms with Crippen molar-refractivity contribution >= 4 is 11.0 Å². The Morgan fingerprint density at radius 3 is 2.74 bits per heavy atom. The van der Waals surface area contributed by atoms with Gasteiger partial charge in [-0.1, -0.05) is 6.07 Å². The van der Waals surface area contributed by atoms with Gasteiger partial charge in [-0.25, -0.2) is 9.97 Å². The normalized spacial score (nSPS) is 10.9. The summed E-state index contributed by atoms with van der Waals surface area (Å²) in [6.45, 7) is 4.13. The molecule has 0 spiro atoms. The highest BCUT2D eigenvalue weighted by molar-refractivity contribution is 5.79. The van der Waals surface area contributed by atoms with Crippen molar-refractivity contribution < 1.29 is 4.74 Å². The van der Waals surface area contributed by atoms with Crippen molar-refractivity contribution in [1.82, 2.24) is 19.7 Å². The number of rotatable bonds is 2.